The summed E-state index contributed by atoms with van der Waals surface area (Å²) in [5.41, 5.74) is 1.05. The molecule has 2 aromatic rings. The summed E-state index contributed by atoms with van der Waals surface area (Å²) in [6.45, 7) is 3.18. The molecule has 1 atom stereocenters. The fraction of sp³-hybridized carbons (Fsp3) is 0.455. The second-order valence-electron chi connectivity index (χ2n) is 3.77. The van der Waals surface area contributed by atoms with E-state index in [-0.39, 0.29) is 6.04 Å². The maximum Gasteiger partial charge on any atom is 0.0928 e. The normalized spacial score (nSPS) is 12.8. The molecule has 0 saturated carbocycles. The van der Waals surface area contributed by atoms with Crippen molar-refractivity contribution in [3.05, 3.63) is 31.9 Å². The summed E-state index contributed by atoms with van der Waals surface area (Å²) in [7, 11) is 0. The van der Waals surface area contributed by atoms with Crippen LogP contribution in [0.2, 0.25) is 0 Å². The summed E-state index contributed by atoms with van der Waals surface area (Å²) in [4.78, 5) is 1.36. The first-order valence-electron chi connectivity index (χ1n) is 5.53. The third-order valence-corrected chi connectivity index (χ3v) is 4.64. The first-order chi connectivity index (χ1) is 8.29. The van der Waals surface area contributed by atoms with E-state index in [1.54, 1.807) is 11.3 Å². The largest absolute Gasteiger partial charge is 0.308 e. The van der Waals surface area contributed by atoms with Gasteiger partial charge in [-0.3, -0.25) is 0 Å². The SMILES string of the molecule is CCCNC(Cc1cc(Br)cs1)c1csnn1. The molecular formula is C11H14BrN3S2. The first kappa shape index (κ1) is 13.1. The number of halogens is 1. The lowest BCUT2D eigenvalue weighted by Gasteiger charge is -2.14. The summed E-state index contributed by atoms with van der Waals surface area (Å²) >= 11 is 6.67. The van der Waals surface area contributed by atoms with Crippen molar-refractivity contribution in [2.24, 2.45) is 0 Å². The lowest BCUT2D eigenvalue weighted by molar-refractivity contribution is 0.520. The molecule has 92 valence electrons. The van der Waals surface area contributed by atoms with Crippen LogP contribution in [0, 0.1) is 0 Å². The highest BCUT2D eigenvalue weighted by Gasteiger charge is 2.15. The number of nitrogens with one attached hydrogen (secondary N) is 1. The highest BCUT2D eigenvalue weighted by Crippen LogP contribution is 2.25. The van der Waals surface area contributed by atoms with Crippen LogP contribution in [0.15, 0.2) is 21.3 Å². The van der Waals surface area contributed by atoms with Gasteiger partial charge < -0.3 is 5.32 Å². The van der Waals surface area contributed by atoms with Crippen molar-refractivity contribution in [2.75, 3.05) is 6.54 Å². The smallest absolute Gasteiger partial charge is 0.0928 e. The monoisotopic (exact) mass is 331 g/mol. The highest BCUT2D eigenvalue weighted by atomic mass is 79.9. The number of thiophene rings is 1. The minimum absolute atomic E-state index is 0.277. The van der Waals surface area contributed by atoms with Gasteiger partial charge in [0, 0.05) is 26.5 Å². The van der Waals surface area contributed by atoms with Gasteiger partial charge in [0.1, 0.15) is 0 Å². The molecule has 0 saturated heterocycles. The van der Waals surface area contributed by atoms with Crippen LogP contribution in [-0.4, -0.2) is 16.1 Å². The van der Waals surface area contributed by atoms with Crippen LogP contribution in [0.4, 0.5) is 0 Å². The van der Waals surface area contributed by atoms with Crippen molar-refractivity contribution in [1.29, 1.82) is 0 Å². The average molecular weight is 332 g/mol. The molecule has 0 fully saturated rings. The minimum Gasteiger partial charge on any atom is -0.308 e. The molecular weight excluding hydrogens is 318 g/mol. The molecule has 1 N–H and O–H groups in total. The van der Waals surface area contributed by atoms with E-state index in [1.165, 1.54) is 16.4 Å². The van der Waals surface area contributed by atoms with Gasteiger partial charge in [-0.05, 0) is 46.5 Å². The van der Waals surface area contributed by atoms with Crippen molar-refractivity contribution in [3.8, 4) is 0 Å². The predicted molar refractivity (Wildman–Crippen MR) is 76.7 cm³/mol. The fourth-order valence-electron chi connectivity index (χ4n) is 1.59. The van der Waals surface area contributed by atoms with E-state index >= 15 is 0 Å². The molecule has 0 spiro atoms. The Kier molecular flexibility index (Phi) is 5.09. The molecule has 17 heavy (non-hydrogen) atoms. The summed E-state index contributed by atoms with van der Waals surface area (Å²) < 4.78 is 5.10. The van der Waals surface area contributed by atoms with Crippen molar-refractivity contribution < 1.29 is 0 Å². The molecule has 3 nitrogen and oxygen atoms in total. The second kappa shape index (κ2) is 6.58. The Balaban J connectivity index is 2.05. The minimum atomic E-state index is 0.277. The lowest BCUT2D eigenvalue weighted by Crippen LogP contribution is -2.24. The van der Waals surface area contributed by atoms with E-state index in [9.17, 15) is 0 Å². The van der Waals surface area contributed by atoms with Gasteiger partial charge in [0.15, 0.2) is 0 Å². The lowest BCUT2D eigenvalue weighted by atomic mass is 10.1. The van der Waals surface area contributed by atoms with E-state index in [4.69, 9.17) is 0 Å². The maximum absolute atomic E-state index is 4.17. The molecule has 0 aliphatic carbocycles. The summed E-state index contributed by atoms with van der Waals surface area (Å²) in [6, 6.07) is 2.45. The van der Waals surface area contributed by atoms with Crippen LogP contribution in [0.3, 0.4) is 0 Å². The quantitative estimate of drug-likeness (QED) is 0.877. The van der Waals surface area contributed by atoms with E-state index in [1.807, 2.05) is 5.38 Å². The van der Waals surface area contributed by atoms with E-state index < -0.39 is 0 Å². The average Bonchev–Trinajstić information content (AvgIpc) is 2.95. The topological polar surface area (TPSA) is 37.8 Å². The Labute approximate surface area is 118 Å². The fourth-order valence-corrected chi connectivity index (χ4v) is 3.59. The second-order valence-corrected chi connectivity index (χ2v) is 6.29. The van der Waals surface area contributed by atoms with E-state index in [0.29, 0.717) is 0 Å². The maximum atomic E-state index is 4.17. The molecule has 6 heteroatoms. The summed E-state index contributed by atoms with van der Waals surface area (Å²) in [5, 5.41) is 11.8. The Morgan fingerprint density at radius 1 is 1.47 bits per heavy atom. The van der Waals surface area contributed by atoms with Crippen LogP contribution >= 0.6 is 38.8 Å². The van der Waals surface area contributed by atoms with Gasteiger partial charge in [0.2, 0.25) is 0 Å². The summed E-state index contributed by atoms with van der Waals surface area (Å²) in [6.07, 6.45) is 2.10. The molecule has 1 unspecified atom stereocenters. The van der Waals surface area contributed by atoms with Gasteiger partial charge in [-0.2, -0.15) is 0 Å². The third-order valence-electron chi connectivity index (χ3n) is 2.40. The van der Waals surface area contributed by atoms with Crippen LogP contribution < -0.4 is 5.32 Å². The molecule has 2 heterocycles. The Hall–Kier alpha value is -0.300. The molecule has 0 aliphatic rings. The third kappa shape index (κ3) is 3.84. The van der Waals surface area contributed by atoms with E-state index in [2.05, 4.69) is 49.2 Å². The van der Waals surface area contributed by atoms with Gasteiger partial charge in [0.25, 0.3) is 0 Å². The van der Waals surface area contributed by atoms with Gasteiger partial charge >= 0.3 is 0 Å². The van der Waals surface area contributed by atoms with Crippen molar-refractivity contribution in [1.82, 2.24) is 14.9 Å². The van der Waals surface area contributed by atoms with E-state index in [0.717, 1.165) is 29.6 Å². The van der Waals surface area contributed by atoms with Crippen molar-refractivity contribution in [2.45, 2.75) is 25.8 Å². The van der Waals surface area contributed by atoms with Gasteiger partial charge in [-0.15, -0.1) is 16.4 Å². The standard InChI is InChI=1S/C11H14BrN3S2/c1-2-3-13-10(11-7-17-15-14-11)5-9-4-8(12)6-16-9/h4,6-7,10,13H,2-3,5H2,1H3. The van der Waals surface area contributed by atoms with Gasteiger partial charge in [-0.25, -0.2) is 0 Å². The zero-order valence-electron chi connectivity index (χ0n) is 9.52. The molecule has 0 radical (unpaired) electrons. The summed E-state index contributed by atoms with van der Waals surface area (Å²) in [5.74, 6) is 0. The number of aromatic nitrogens is 2. The Bertz CT molecular complexity index is 441. The Morgan fingerprint density at radius 3 is 2.94 bits per heavy atom. The zero-order chi connectivity index (χ0) is 12.1. The Morgan fingerprint density at radius 2 is 2.35 bits per heavy atom. The highest BCUT2D eigenvalue weighted by molar-refractivity contribution is 9.10. The first-order valence-corrected chi connectivity index (χ1v) is 8.03. The number of rotatable bonds is 6. The predicted octanol–water partition coefficient (Wildman–Crippen LogP) is 3.65. The number of nitrogens with zero attached hydrogens (tertiary/aromatic N) is 2. The zero-order valence-corrected chi connectivity index (χ0v) is 12.7. The molecule has 0 bridgehead atoms. The van der Waals surface area contributed by atoms with Crippen molar-refractivity contribution >= 4 is 38.8 Å². The van der Waals surface area contributed by atoms with Crippen LogP contribution in [0.5, 0.6) is 0 Å². The molecule has 0 aliphatic heterocycles. The van der Waals surface area contributed by atoms with Crippen molar-refractivity contribution in [3.63, 3.8) is 0 Å². The molecule has 2 rings (SSSR count). The molecule has 2 aromatic heterocycles. The number of hydrogen-bond acceptors (Lipinski definition) is 5. The molecule has 0 amide bonds. The van der Waals surface area contributed by atoms with Crippen LogP contribution in [0.1, 0.15) is 30.0 Å². The molecule has 0 aromatic carbocycles. The van der Waals surface area contributed by atoms with Gasteiger partial charge in [0.05, 0.1) is 11.7 Å². The van der Waals surface area contributed by atoms with Crippen LogP contribution in [-0.2, 0) is 6.42 Å². The number of hydrogen-bond donors (Lipinski definition) is 1. The van der Waals surface area contributed by atoms with Gasteiger partial charge in [-0.1, -0.05) is 11.4 Å². The van der Waals surface area contributed by atoms with Crippen LogP contribution in [0.25, 0.3) is 0 Å².